The molecule has 0 aliphatic carbocycles. The second kappa shape index (κ2) is 10.7. The largest absolute Gasteiger partial charge is 3.00 e. The summed E-state index contributed by atoms with van der Waals surface area (Å²) in [6, 6.07) is 3.22. The number of aliphatic carboxylic acids is 3. The van der Waals surface area contributed by atoms with E-state index >= 15 is 0 Å². The van der Waals surface area contributed by atoms with Gasteiger partial charge in [0.1, 0.15) is 5.60 Å². The molecular formula is C12H11O10Pb. The van der Waals surface area contributed by atoms with E-state index in [2.05, 4.69) is 4.74 Å². The quantitative estimate of drug-likeness (QED) is 0.283. The zero-order valence-electron chi connectivity index (χ0n) is 11.8. The molecule has 23 heavy (non-hydrogen) atoms. The van der Waals surface area contributed by atoms with Gasteiger partial charge in [-0.3, -0.25) is 4.79 Å². The van der Waals surface area contributed by atoms with Crippen LogP contribution >= 0.6 is 0 Å². The van der Waals surface area contributed by atoms with Gasteiger partial charge in [0.05, 0.1) is 12.2 Å². The minimum absolute atomic E-state index is 0. The minimum atomic E-state index is -2.97. The molecule has 0 saturated carbocycles. The third-order valence-electron chi connectivity index (χ3n) is 1.99. The molecule has 0 aromatic carbocycles. The minimum Gasteiger partial charge on any atom is -0.550 e. The van der Waals surface area contributed by atoms with Gasteiger partial charge in [0, 0.05) is 37.8 Å². The van der Waals surface area contributed by atoms with E-state index < -0.39 is 36.4 Å². The molecule has 0 spiro atoms. The molecule has 0 bridgehead atoms. The third kappa shape index (κ3) is 10.4. The smallest absolute Gasteiger partial charge is 0.550 e. The fourth-order valence-electron chi connectivity index (χ4n) is 1.15. The van der Waals surface area contributed by atoms with Crippen molar-refractivity contribution in [2.45, 2.75) is 25.4 Å². The Morgan fingerprint density at radius 3 is 1.91 bits per heavy atom. The fourth-order valence-corrected chi connectivity index (χ4v) is 1.15. The number of aliphatic hydroxyl groups is 1. The van der Waals surface area contributed by atoms with E-state index in [1.54, 1.807) is 12.1 Å². The van der Waals surface area contributed by atoms with Crippen molar-refractivity contribution in [2.24, 2.45) is 0 Å². The number of carboxylic acid groups (broad SMARTS) is 3. The second-order valence-electron chi connectivity index (χ2n) is 3.94. The molecule has 1 aromatic heterocycles. The van der Waals surface area contributed by atoms with Crippen molar-refractivity contribution < 1.29 is 48.8 Å². The number of furan rings is 1. The molecule has 0 amide bonds. The van der Waals surface area contributed by atoms with Gasteiger partial charge in [-0.1, -0.05) is 0 Å². The predicted octanol–water partition coefficient (Wildman–Crippen LogP) is -4.43. The molecule has 0 unspecified atom stereocenters. The number of carbonyl (C=O) groups is 4. The Balaban J connectivity index is 0. The van der Waals surface area contributed by atoms with Crippen LogP contribution in [0.4, 0.5) is 0 Å². The van der Waals surface area contributed by atoms with E-state index in [-0.39, 0.29) is 39.2 Å². The third-order valence-corrected chi connectivity index (χ3v) is 1.99. The Morgan fingerprint density at radius 1 is 1.17 bits per heavy atom. The van der Waals surface area contributed by atoms with Crippen LogP contribution in [0.15, 0.2) is 22.8 Å². The fraction of sp³-hybridized carbons (Fsp3) is 0.333. The van der Waals surface area contributed by atoms with Crippen LogP contribution in [0.2, 0.25) is 0 Å². The predicted molar refractivity (Wildman–Crippen MR) is 65.0 cm³/mol. The van der Waals surface area contributed by atoms with E-state index in [1.807, 2.05) is 0 Å². The maximum atomic E-state index is 10.2. The molecule has 0 aliphatic heterocycles. The molecule has 1 heterocycles. The average molecular weight is 522 g/mol. The summed E-state index contributed by atoms with van der Waals surface area (Å²) in [6.45, 7) is 1.32. The Hall–Kier alpha value is -1.96. The molecule has 10 nitrogen and oxygen atoms in total. The van der Waals surface area contributed by atoms with Crippen LogP contribution in [0.1, 0.15) is 19.8 Å². The van der Waals surface area contributed by atoms with Crippen LogP contribution in [-0.4, -0.2) is 61.9 Å². The SMILES string of the molecule is CC(=O)Oc1ccco1.O=C([O-])CC(O)(CC(=O)[O-])C(=O)[O-].[Pb+3]. The van der Waals surface area contributed by atoms with Crippen LogP contribution in [0, 0.1) is 0 Å². The first kappa shape index (κ1) is 23.3. The maximum absolute atomic E-state index is 10.2. The molecule has 0 aliphatic rings. The molecule has 0 atom stereocenters. The van der Waals surface area contributed by atoms with Gasteiger partial charge in [-0.15, -0.1) is 0 Å². The van der Waals surface area contributed by atoms with Gasteiger partial charge in [-0.05, 0) is 6.07 Å². The van der Waals surface area contributed by atoms with Gasteiger partial charge in [0.25, 0.3) is 5.95 Å². The molecule has 1 radical (unpaired) electrons. The maximum Gasteiger partial charge on any atom is 3.00 e. The molecule has 0 saturated heterocycles. The summed E-state index contributed by atoms with van der Waals surface area (Å²) in [7, 11) is 0. The zero-order valence-corrected chi connectivity index (χ0v) is 15.7. The molecule has 0 fully saturated rings. The van der Waals surface area contributed by atoms with Gasteiger partial charge in [0.2, 0.25) is 0 Å². The summed E-state index contributed by atoms with van der Waals surface area (Å²) in [5.74, 6) is -6.12. The topological polar surface area (TPSA) is 180 Å². The average Bonchev–Trinajstić information content (AvgIpc) is 2.79. The van der Waals surface area contributed by atoms with Gasteiger partial charge in [0.15, 0.2) is 0 Å². The van der Waals surface area contributed by atoms with Crippen molar-refractivity contribution >= 4 is 51.2 Å². The van der Waals surface area contributed by atoms with Crippen LogP contribution in [0.3, 0.4) is 0 Å². The molecule has 1 rings (SSSR count). The Bertz CT molecular complexity index is 520. The number of esters is 1. The summed E-state index contributed by atoms with van der Waals surface area (Å²) in [5.41, 5.74) is -2.97. The van der Waals surface area contributed by atoms with Crippen molar-refractivity contribution in [3.63, 3.8) is 0 Å². The van der Waals surface area contributed by atoms with E-state index in [4.69, 9.17) is 9.52 Å². The van der Waals surface area contributed by atoms with Crippen molar-refractivity contribution in [3.8, 4) is 5.95 Å². The molecular weight excluding hydrogens is 511 g/mol. The number of hydrogen-bond donors (Lipinski definition) is 1. The van der Waals surface area contributed by atoms with Crippen LogP contribution in [0.5, 0.6) is 5.95 Å². The summed E-state index contributed by atoms with van der Waals surface area (Å²) in [4.78, 5) is 40.2. The van der Waals surface area contributed by atoms with Gasteiger partial charge < -0.3 is 44.0 Å². The molecule has 11 heteroatoms. The van der Waals surface area contributed by atoms with Crippen LogP contribution < -0.4 is 20.1 Å². The summed E-state index contributed by atoms with van der Waals surface area (Å²) in [5, 5.41) is 38.9. The second-order valence-corrected chi connectivity index (χ2v) is 3.94. The zero-order chi connectivity index (χ0) is 17.3. The summed E-state index contributed by atoms with van der Waals surface area (Å²) >= 11 is 0. The van der Waals surface area contributed by atoms with Crippen molar-refractivity contribution in [1.29, 1.82) is 0 Å². The van der Waals surface area contributed by atoms with Crippen molar-refractivity contribution in [3.05, 3.63) is 18.4 Å². The van der Waals surface area contributed by atoms with Gasteiger partial charge in [-0.2, -0.15) is 0 Å². The first-order valence-electron chi connectivity index (χ1n) is 5.62. The van der Waals surface area contributed by atoms with E-state index in [0.717, 1.165) is 0 Å². The normalized spacial score (nSPS) is 9.65. The first-order chi connectivity index (χ1) is 10.1. The van der Waals surface area contributed by atoms with Crippen molar-refractivity contribution in [1.82, 2.24) is 0 Å². The number of rotatable bonds is 6. The standard InChI is InChI=1S/C6H8O7.C6H6O3.Pb/c7-3(8)1-6(13,5(11)12)2-4(9)10;1-5(7)9-6-3-2-4-8-6;/h13H,1-2H2,(H,7,8)(H,9,10)(H,11,12);2-4H,1H3;/q;;+3/p-3. The first-order valence-corrected chi connectivity index (χ1v) is 5.62. The molecule has 123 valence electrons. The molecule has 1 aromatic rings. The van der Waals surface area contributed by atoms with Crippen LogP contribution in [-0.2, 0) is 19.2 Å². The van der Waals surface area contributed by atoms with E-state index in [0.29, 0.717) is 0 Å². The Morgan fingerprint density at radius 2 is 1.65 bits per heavy atom. The number of ether oxygens (including phenoxy) is 1. The Labute approximate surface area is 149 Å². The van der Waals surface area contributed by atoms with E-state index in [1.165, 1.54) is 13.2 Å². The van der Waals surface area contributed by atoms with Crippen molar-refractivity contribution in [2.75, 3.05) is 0 Å². The Kier molecular flexibility index (Phi) is 10.9. The molecule has 1 N–H and O–H groups in total. The number of carboxylic acids is 3. The van der Waals surface area contributed by atoms with Crippen LogP contribution in [0.25, 0.3) is 0 Å². The summed E-state index contributed by atoms with van der Waals surface area (Å²) < 4.78 is 9.25. The number of hydrogen-bond acceptors (Lipinski definition) is 10. The van der Waals surface area contributed by atoms with E-state index in [9.17, 15) is 34.5 Å². The number of carbonyl (C=O) groups excluding carboxylic acids is 4. The van der Waals surface area contributed by atoms with Gasteiger partial charge in [-0.25, -0.2) is 0 Å². The monoisotopic (exact) mass is 523 g/mol. The summed E-state index contributed by atoms with van der Waals surface area (Å²) in [6.07, 6.45) is -1.27. The van der Waals surface area contributed by atoms with Gasteiger partial charge >= 0.3 is 33.3 Å².